The predicted octanol–water partition coefficient (Wildman–Crippen LogP) is 2.09. The Morgan fingerprint density at radius 2 is 2.29 bits per heavy atom. The van der Waals surface area contributed by atoms with Gasteiger partial charge in [-0.25, -0.2) is 4.68 Å². The zero-order valence-corrected chi connectivity index (χ0v) is 12.5. The Hall–Kier alpha value is -1.72. The highest BCUT2D eigenvalue weighted by molar-refractivity contribution is 5.31. The van der Waals surface area contributed by atoms with E-state index in [1.807, 2.05) is 17.9 Å². The van der Waals surface area contributed by atoms with Gasteiger partial charge in [0.2, 0.25) is 0 Å². The summed E-state index contributed by atoms with van der Waals surface area (Å²) < 4.78 is 7.93. The van der Waals surface area contributed by atoms with Gasteiger partial charge in [-0.15, -0.1) is 5.10 Å². The molecule has 112 valence electrons. The van der Waals surface area contributed by atoms with E-state index in [2.05, 4.69) is 39.9 Å². The normalized spacial score (nSPS) is 17.7. The molecule has 0 radical (unpaired) electrons. The second-order valence-electron chi connectivity index (χ2n) is 5.45. The van der Waals surface area contributed by atoms with Crippen molar-refractivity contribution in [1.82, 2.24) is 20.3 Å². The number of hydrogen-bond donors (Lipinski definition) is 1. The summed E-state index contributed by atoms with van der Waals surface area (Å²) in [6, 6.07) is 8.62. The van der Waals surface area contributed by atoms with Crippen LogP contribution in [0.15, 0.2) is 30.5 Å². The molecule has 0 saturated carbocycles. The molecule has 3 rings (SSSR count). The van der Waals surface area contributed by atoms with Crippen molar-refractivity contribution in [2.75, 3.05) is 13.7 Å². The summed E-state index contributed by atoms with van der Waals surface area (Å²) in [4.78, 5) is 0. The number of benzene rings is 1. The molecule has 21 heavy (non-hydrogen) atoms. The molecule has 0 saturated heterocycles. The summed E-state index contributed by atoms with van der Waals surface area (Å²) in [5, 5.41) is 11.3. The maximum Gasteiger partial charge on any atom is 0.0964 e. The van der Waals surface area contributed by atoms with Gasteiger partial charge in [-0.1, -0.05) is 29.5 Å². The van der Waals surface area contributed by atoms with Gasteiger partial charge in [0.25, 0.3) is 0 Å². The first-order valence-corrected chi connectivity index (χ1v) is 7.60. The highest BCUT2D eigenvalue weighted by atomic mass is 16.5. The number of fused-ring (bicyclic) bond motifs is 1. The largest absolute Gasteiger partial charge is 0.372 e. The van der Waals surface area contributed by atoms with Crippen molar-refractivity contribution in [3.05, 3.63) is 47.3 Å². The van der Waals surface area contributed by atoms with Gasteiger partial charge < -0.3 is 10.1 Å². The summed E-state index contributed by atoms with van der Waals surface area (Å²) in [7, 11) is 1.91. The molecule has 1 aliphatic carbocycles. The van der Waals surface area contributed by atoms with Crippen molar-refractivity contribution in [3.8, 4) is 0 Å². The molecule has 0 fully saturated rings. The molecule has 0 bridgehead atoms. The van der Waals surface area contributed by atoms with E-state index in [0.717, 1.165) is 25.2 Å². The molecule has 0 spiro atoms. The topological polar surface area (TPSA) is 52.0 Å². The Kier molecular flexibility index (Phi) is 4.62. The van der Waals surface area contributed by atoms with Crippen molar-refractivity contribution in [2.24, 2.45) is 0 Å². The lowest BCUT2D eigenvalue weighted by Crippen LogP contribution is -2.15. The average Bonchev–Trinajstić information content (AvgIpc) is 2.96. The minimum atomic E-state index is 0.232. The number of ether oxygens (including phenoxy) is 1. The summed E-state index contributed by atoms with van der Waals surface area (Å²) in [5.41, 5.74) is 3.75. The lowest BCUT2D eigenvalue weighted by atomic mass is 9.89. The first-order valence-electron chi connectivity index (χ1n) is 7.60. The van der Waals surface area contributed by atoms with E-state index >= 15 is 0 Å². The Morgan fingerprint density at radius 1 is 1.38 bits per heavy atom. The first kappa shape index (κ1) is 14.2. The third-order valence-electron chi connectivity index (χ3n) is 3.90. The van der Waals surface area contributed by atoms with Crippen LogP contribution in [0.4, 0.5) is 0 Å². The number of aromatic nitrogens is 3. The van der Waals surface area contributed by atoms with Crippen molar-refractivity contribution >= 4 is 0 Å². The van der Waals surface area contributed by atoms with Gasteiger partial charge in [0.15, 0.2) is 0 Å². The second-order valence-corrected chi connectivity index (χ2v) is 5.45. The molecule has 1 aromatic carbocycles. The van der Waals surface area contributed by atoms with Crippen LogP contribution >= 0.6 is 0 Å². The maximum absolute atomic E-state index is 6.08. The van der Waals surface area contributed by atoms with E-state index < -0.39 is 0 Å². The SMILES string of the molecule is CNCc1cn(CCOC2CCCc3ccccc32)nn1. The molecule has 0 aliphatic heterocycles. The smallest absolute Gasteiger partial charge is 0.0964 e. The third-order valence-corrected chi connectivity index (χ3v) is 3.90. The van der Waals surface area contributed by atoms with E-state index in [9.17, 15) is 0 Å². The Morgan fingerprint density at radius 3 is 3.19 bits per heavy atom. The molecule has 1 heterocycles. The fourth-order valence-electron chi connectivity index (χ4n) is 2.88. The van der Waals surface area contributed by atoms with E-state index in [1.54, 1.807) is 0 Å². The zero-order valence-electron chi connectivity index (χ0n) is 12.5. The van der Waals surface area contributed by atoms with Gasteiger partial charge >= 0.3 is 0 Å². The number of aryl methyl sites for hydroxylation is 1. The minimum Gasteiger partial charge on any atom is -0.372 e. The summed E-state index contributed by atoms with van der Waals surface area (Å²) in [5.74, 6) is 0. The van der Waals surface area contributed by atoms with Crippen LogP contribution in [0.25, 0.3) is 0 Å². The summed E-state index contributed by atoms with van der Waals surface area (Å²) >= 11 is 0. The van der Waals surface area contributed by atoms with E-state index in [-0.39, 0.29) is 6.10 Å². The number of rotatable bonds is 6. The number of hydrogen-bond acceptors (Lipinski definition) is 4. The molecule has 1 aliphatic rings. The van der Waals surface area contributed by atoms with Gasteiger partial charge in [-0.05, 0) is 37.4 Å². The van der Waals surface area contributed by atoms with Crippen LogP contribution in [0, 0.1) is 0 Å². The van der Waals surface area contributed by atoms with Crippen molar-refractivity contribution in [3.63, 3.8) is 0 Å². The molecular weight excluding hydrogens is 264 g/mol. The second kappa shape index (κ2) is 6.83. The highest BCUT2D eigenvalue weighted by Crippen LogP contribution is 2.32. The Bertz CT molecular complexity index is 581. The van der Waals surface area contributed by atoms with Crippen LogP contribution in [0.1, 0.15) is 35.8 Å². The molecule has 1 atom stereocenters. The van der Waals surface area contributed by atoms with Crippen LogP contribution in [0.5, 0.6) is 0 Å². The minimum absolute atomic E-state index is 0.232. The fraction of sp³-hybridized carbons (Fsp3) is 0.500. The lowest BCUT2D eigenvalue weighted by molar-refractivity contribution is 0.0342. The van der Waals surface area contributed by atoms with Crippen LogP contribution in [-0.2, 0) is 24.2 Å². The monoisotopic (exact) mass is 286 g/mol. The van der Waals surface area contributed by atoms with Crippen molar-refractivity contribution in [1.29, 1.82) is 0 Å². The molecule has 1 unspecified atom stereocenters. The van der Waals surface area contributed by atoms with Crippen LogP contribution in [0.2, 0.25) is 0 Å². The summed E-state index contributed by atoms with van der Waals surface area (Å²) in [6.07, 6.45) is 5.69. The molecule has 5 heteroatoms. The average molecular weight is 286 g/mol. The molecule has 1 N–H and O–H groups in total. The van der Waals surface area contributed by atoms with E-state index in [0.29, 0.717) is 6.61 Å². The quantitative estimate of drug-likeness (QED) is 0.883. The molecule has 2 aromatic rings. The molecule has 1 aromatic heterocycles. The Labute approximate surface area is 125 Å². The van der Waals surface area contributed by atoms with E-state index in [4.69, 9.17) is 4.74 Å². The van der Waals surface area contributed by atoms with Gasteiger partial charge in [-0.3, -0.25) is 0 Å². The van der Waals surface area contributed by atoms with Crippen LogP contribution < -0.4 is 5.32 Å². The standard InChI is InChI=1S/C16H22N4O/c1-17-11-14-12-20(19-18-14)9-10-21-16-8-4-6-13-5-2-3-7-15(13)16/h2-3,5,7,12,16-17H,4,6,8-11H2,1H3. The highest BCUT2D eigenvalue weighted by Gasteiger charge is 2.19. The fourth-order valence-corrected chi connectivity index (χ4v) is 2.88. The molecular formula is C16H22N4O. The number of nitrogens with one attached hydrogen (secondary N) is 1. The maximum atomic E-state index is 6.08. The summed E-state index contributed by atoms with van der Waals surface area (Å²) in [6.45, 7) is 2.16. The van der Waals surface area contributed by atoms with Gasteiger partial charge in [0.05, 0.1) is 24.9 Å². The number of nitrogens with zero attached hydrogens (tertiary/aromatic N) is 3. The third kappa shape index (κ3) is 3.49. The zero-order chi connectivity index (χ0) is 14.5. The van der Waals surface area contributed by atoms with Gasteiger partial charge in [0.1, 0.15) is 0 Å². The van der Waals surface area contributed by atoms with Crippen molar-refractivity contribution < 1.29 is 4.74 Å². The van der Waals surface area contributed by atoms with Crippen LogP contribution in [0.3, 0.4) is 0 Å². The predicted molar refractivity (Wildman–Crippen MR) is 80.9 cm³/mol. The van der Waals surface area contributed by atoms with E-state index in [1.165, 1.54) is 24.0 Å². The molecule has 0 amide bonds. The Balaban J connectivity index is 1.54. The van der Waals surface area contributed by atoms with Gasteiger partial charge in [-0.2, -0.15) is 0 Å². The molecule has 5 nitrogen and oxygen atoms in total. The van der Waals surface area contributed by atoms with Crippen molar-refractivity contribution in [2.45, 2.75) is 38.5 Å². The lowest BCUT2D eigenvalue weighted by Gasteiger charge is -2.25. The first-order chi connectivity index (χ1) is 10.4. The van der Waals surface area contributed by atoms with Gasteiger partial charge in [0, 0.05) is 12.7 Å². The van der Waals surface area contributed by atoms with Crippen LogP contribution in [-0.4, -0.2) is 28.6 Å².